The molecule has 108 valence electrons. The van der Waals surface area contributed by atoms with Crippen LogP contribution in [0.3, 0.4) is 0 Å². The molecule has 5 heteroatoms. The highest BCUT2D eigenvalue weighted by Crippen LogP contribution is 2.15. The molecule has 1 aromatic heterocycles. The second kappa shape index (κ2) is 7.05. The highest BCUT2D eigenvalue weighted by molar-refractivity contribution is 5.23. The number of hydrogen-bond donors (Lipinski definition) is 2. The van der Waals surface area contributed by atoms with Crippen molar-refractivity contribution < 1.29 is 4.42 Å². The first kappa shape index (κ1) is 14.5. The summed E-state index contributed by atoms with van der Waals surface area (Å²) in [6.45, 7) is 7.03. The maximum atomic E-state index is 5.61. The summed E-state index contributed by atoms with van der Waals surface area (Å²) in [7, 11) is 0. The van der Waals surface area contributed by atoms with Crippen molar-refractivity contribution in [2.75, 3.05) is 11.9 Å². The smallest absolute Gasteiger partial charge is 0.315 e. The summed E-state index contributed by atoms with van der Waals surface area (Å²) in [5.41, 5.74) is 1.29. The fourth-order valence-electron chi connectivity index (χ4n) is 2.09. The Labute approximate surface area is 119 Å². The van der Waals surface area contributed by atoms with Crippen molar-refractivity contribution in [2.24, 2.45) is 0 Å². The average Bonchev–Trinajstić information content (AvgIpc) is 2.88. The summed E-state index contributed by atoms with van der Waals surface area (Å²) in [5, 5.41) is 14.6. The molecule has 5 nitrogen and oxygen atoms in total. The van der Waals surface area contributed by atoms with Gasteiger partial charge in [-0.3, -0.25) is 0 Å². The first-order chi connectivity index (χ1) is 9.69. The molecule has 0 amide bonds. The Morgan fingerprint density at radius 3 is 2.60 bits per heavy atom. The largest absolute Gasteiger partial charge is 0.406 e. The van der Waals surface area contributed by atoms with E-state index < -0.39 is 0 Å². The van der Waals surface area contributed by atoms with Crippen molar-refractivity contribution in [3.05, 3.63) is 41.8 Å². The van der Waals surface area contributed by atoms with Gasteiger partial charge in [0.1, 0.15) is 0 Å². The Kier molecular flexibility index (Phi) is 5.12. The highest BCUT2D eigenvalue weighted by Gasteiger charge is 2.14. The minimum atomic E-state index is 0.0764. The van der Waals surface area contributed by atoms with E-state index in [1.165, 1.54) is 5.56 Å². The van der Waals surface area contributed by atoms with E-state index in [2.05, 4.69) is 39.9 Å². The van der Waals surface area contributed by atoms with E-state index in [1.54, 1.807) is 0 Å². The molecule has 20 heavy (non-hydrogen) atoms. The molecule has 0 aliphatic heterocycles. The second-order valence-corrected chi connectivity index (χ2v) is 4.96. The van der Waals surface area contributed by atoms with E-state index in [9.17, 15) is 0 Å². The molecule has 0 bridgehead atoms. The number of benzene rings is 1. The van der Waals surface area contributed by atoms with Crippen LogP contribution in [-0.4, -0.2) is 22.8 Å². The van der Waals surface area contributed by atoms with Crippen LogP contribution in [-0.2, 0) is 6.42 Å². The van der Waals surface area contributed by atoms with E-state index in [4.69, 9.17) is 4.42 Å². The molecule has 0 aliphatic carbocycles. The summed E-state index contributed by atoms with van der Waals surface area (Å²) < 4.78 is 5.61. The van der Waals surface area contributed by atoms with Gasteiger partial charge in [-0.2, -0.15) is 0 Å². The van der Waals surface area contributed by atoms with Crippen LogP contribution >= 0.6 is 0 Å². The monoisotopic (exact) mass is 274 g/mol. The summed E-state index contributed by atoms with van der Waals surface area (Å²) in [6.07, 6.45) is 0.918. The van der Waals surface area contributed by atoms with Gasteiger partial charge in [0.05, 0.1) is 6.04 Å². The Bertz CT molecular complexity index is 512. The van der Waals surface area contributed by atoms with Crippen LogP contribution in [0, 0.1) is 0 Å². The summed E-state index contributed by atoms with van der Waals surface area (Å²) in [5.74, 6) is 0.612. The number of anilines is 1. The first-order valence-electron chi connectivity index (χ1n) is 7.06. The molecular weight excluding hydrogens is 252 g/mol. The van der Waals surface area contributed by atoms with Crippen molar-refractivity contribution in [2.45, 2.75) is 39.3 Å². The van der Waals surface area contributed by atoms with Gasteiger partial charge in [-0.1, -0.05) is 42.4 Å². The molecule has 1 heterocycles. The van der Waals surface area contributed by atoms with E-state index in [0.29, 0.717) is 11.9 Å². The fourth-order valence-corrected chi connectivity index (χ4v) is 2.09. The molecule has 0 saturated carbocycles. The Hall–Kier alpha value is -1.88. The predicted octanol–water partition coefficient (Wildman–Crippen LogP) is 2.78. The quantitative estimate of drug-likeness (QED) is 0.813. The lowest BCUT2D eigenvalue weighted by atomic mass is 10.1. The molecule has 0 saturated heterocycles. The van der Waals surface area contributed by atoms with E-state index in [-0.39, 0.29) is 12.1 Å². The standard InChI is InChI=1S/C15H22N4O/c1-4-16-12(3)14-18-19-15(20-14)17-11(2)10-13-8-6-5-7-9-13/h5-9,11-12,16H,4,10H2,1-3H3,(H,17,19). The number of aromatic nitrogens is 2. The average molecular weight is 274 g/mol. The summed E-state index contributed by atoms with van der Waals surface area (Å²) in [4.78, 5) is 0. The van der Waals surface area contributed by atoms with Crippen LogP contribution in [0.2, 0.25) is 0 Å². The molecule has 2 atom stereocenters. The Morgan fingerprint density at radius 2 is 1.90 bits per heavy atom. The maximum absolute atomic E-state index is 5.61. The van der Waals surface area contributed by atoms with Crippen molar-refractivity contribution >= 4 is 6.01 Å². The molecule has 0 aliphatic rings. The van der Waals surface area contributed by atoms with Gasteiger partial charge < -0.3 is 15.1 Å². The molecule has 2 unspecified atom stereocenters. The third kappa shape index (κ3) is 4.06. The van der Waals surface area contributed by atoms with Crippen LogP contribution in [0.15, 0.2) is 34.7 Å². The lowest BCUT2D eigenvalue weighted by Gasteiger charge is -2.11. The van der Waals surface area contributed by atoms with Crippen molar-refractivity contribution in [3.63, 3.8) is 0 Å². The predicted molar refractivity (Wildman–Crippen MR) is 79.6 cm³/mol. The molecule has 1 aromatic carbocycles. The van der Waals surface area contributed by atoms with E-state index in [0.717, 1.165) is 13.0 Å². The summed E-state index contributed by atoms with van der Waals surface area (Å²) >= 11 is 0. The number of rotatable bonds is 7. The number of nitrogens with one attached hydrogen (secondary N) is 2. The van der Waals surface area contributed by atoms with Crippen LogP contribution in [0.4, 0.5) is 6.01 Å². The minimum Gasteiger partial charge on any atom is -0.406 e. The molecule has 0 fully saturated rings. The van der Waals surface area contributed by atoms with Crippen LogP contribution < -0.4 is 10.6 Å². The zero-order chi connectivity index (χ0) is 14.4. The zero-order valence-corrected chi connectivity index (χ0v) is 12.3. The zero-order valence-electron chi connectivity index (χ0n) is 12.3. The normalized spacial score (nSPS) is 13.9. The highest BCUT2D eigenvalue weighted by atomic mass is 16.4. The third-order valence-electron chi connectivity index (χ3n) is 3.08. The molecule has 2 rings (SSSR count). The van der Waals surface area contributed by atoms with Gasteiger partial charge in [0.15, 0.2) is 0 Å². The molecule has 2 N–H and O–H groups in total. The SMILES string of the molecule is CCNC(C)c1nnc(NC(C)Cc2ccccc2)o1. The van der Waals surface area contributed by atoms with E-state index >= 15 is 0 Å². The molecule has 0 radical (unpaired) electrons. The van der Waals surface area contributed by atoms with Crippen molar-refractivity contribution in [1.29, 1.82) is 0 Å². The van der Waals surface area contributed by atoms with Gasteiger partial charge >= 0.3 is 6.01 Å². The number of nitrogens with zero attached hydrogens (tertiary/aromatic N) is 2. The first-order valence-corrected chi connectivity index (χ1v) is 7.06. The van der Waals surface area contributed by atoms with Crippen molar-refractivity contribution in [1.82, 2.24) is 15.5 Å². The Balaban J connectivity index is 1.90. The van der Waals surface area contributed by atoms with Gasteiger partial charge in [0, 0.05) is 6.04 Å². The van der Waals surface area contributed by atoms with Gasteiger partial charge in [-0.05, 0) is 32.4 Å². The molecule has 2 aromatic rings. The fraction of sp³-hybridized carbons (Fsp3) is 0.467. The van der Waals surface area contributed by atoms with Crippen LogP contribution in [0.25, 0.3) is 0 Å². The summed E-state index contributed by atoms with van der Waals surface area (Å²) in [6, 6.07) is 11.1. The van der Waals surface area contributed by atoms with Crippen LogP contribution in [0.5, 0.6) is 0 Å². The maximum Gasteiger partial charge on any atom is 0.315 e. The van der Waals surface area contributed by atoms with Gasteiger partial charge in [-0.25, -0.2) is 0 Å². The Morgan fingerprint density at radius 1 is 1.15 bits per heavy atom. The third-order valence-corrected chi connectivity index (χ3v) is 3.08. The topological polar surface area (TPSA) is 63.0 Å². The van der Waals surface area contributed by atoms with Gasteiger partial charge in [0.25, 0.3) is 0 Å². The second-order valence-electron chi connectivity index (χ2n) is 4.96. The minimum absolute atomic E-state index is 0.0764. The van der Waals surface area contributed by atoms with Gasteiger partial charge in [0.2, 0.25) is 5.89 Å². The lowest BCUT2D eigenvalue weighted by molar-refractivity contribution is 0.427. The van der Waals surface area contributed by atoms with Gasteiger partial charge in [-0.15, -0.1) is 5.10 Å². The number of hydrogen-bond acceptors (Lipinski definition) is 5. The molecule has 0 spiro atoms. The van der Waals surface area contributed by atoms with E-state index in [1.807, 2.05) is 32.0 Å². The van der Waals surface area contributed by atoms with Crippen molar-refractivity contribution in [3.8, 4) is 0 Å². The molecular formula is C15H22N4O. The van der Waals surface area contributed by atoms with Crippen LogP contribution in [0.1, 0.15) is 38.3 Å². The lowest BCUT2D eigenvalue weighted by Crippen LogP contribution is -2.18.